The molecule has 0 spiro atoms. The summed E-state index contributed by atoms with van der Waals surface area (Å²) < 4.78 is 0. The Bertz CT molecular complexity index is 756. The van der Waals surface area contributed by atoms with E-state index in [1.807, 2.05) is 40.9 Å². The lowest BCUT2D eigenvalue weighted by atomic mass is 10.1. The van der Waals surface area contributed by atoms with E-state index in [-0.39, 0.29) is 11.5 Å². The molecule has 0 saturated carbocycles. The first-order valence-electron chi connectivity index (χ1n) is 8.17. The Morgan fingerprint density at radius 1 is 1.04 bits per heavy atom. The quantitative estimate of drug-likeness (QED) is 0.861. The lowest BCUT2D eigenvalue weighted by molar-refractivity contribution is 0.0696. The molecule has 6 heteroatoms. The summed E-state index contributed by atoms with van der Waals surface area (Å²) in [5.41, 5.74) is 2.82. The fraction of sp³-hybridized carbons (Fsp3) is 0.263. The van der Waals surface area contributed by atoms with E-state index < -0.39 is 5.97 Å². The van der Waals surface area contributed by atoms with E-state index in [9.17, 15) is 9.59 Å². The lowest BCUT2D eigenvalue weighted by Crippen LogP contribution is -2.37. The van der Waals surface area contributed by atoms with Crippen LogP contribution in [0.2, 0.25) is 0 Å². The number of carbonyl (C=O) groups is 2. The average molecular weight is 356 g/mol. The third kappa shape index (κ3) is 4.54. The van der Waals surface area contributed by atoms with Gasteiger partial charge in [-0.15, -0.1) is 0 Å². The molecule has 1 fully saturated rings. The fourth-order valence-electron chi connectivity index (χ4n) is 2.68. The van der Waals surface area contributed by atoms with Crippen LogP contribution >= 0.6 is 11.8 Å². The number of nitrogens with one attached hydrogen (secondary N) is 1. The minimum Gasteiger partial charge on any atom is -0.478 e. The standard InChI is InChI=1S/C19H20N2O3S/c22-18(21-8-10-25-11-9-21)16-2-1-3-17(12-16)20-13-14-4-6-15(7-5-14)19(23)24/h1-7,12,20H,8-11,13H2,(H,23,24). The van der Waals surface area contributed by atoms with Gasteiger partial charge in [0.1, 0.15) is 0 Å². The van der Waals surface area contributed by atoms with Gasteiger partial charge in [0, 0.05) is 42.4 Å². The van der Waals surface area contributed by atoms with E-state index in [0.717, 1.165) is 35.8 Å². The van der Waals surface area contributed by atoms with Gasteiger partial charge >= 0.3 is 5.97 Å². The van der Waals surface area contributed by atoms with Crippen LogP contribution in [0.25, 0.3) is 0 Å². The summed E-state index contributed by atoms with van der Waals surface area (Å²) in [6.07, 6.45) is 0. The number of carboxylic acids is 1. The van der Waals surface area contributed by atoms with Gasteiger partial charge in [0.25, 0.3) is 5.91 Å². The van der Waals surface area contributed by atoms with Crippen molar-refractivity contribution in [2.45, 2.75) is 6.54 Å². The molecule has 0 aliphatic carbocycles. The SMILES string of the molecule is O=C(O)c1ccc(CNc2cccc(C(=O)N3CCSCC3)c2)cc1. The third-order valence-electron chi connectivity index (χ3n) is 4.11. The van der Waals surface area contributed by atoms with Gasteiger partial charge in [-0.3, -0.25) is 4.79 Å². The zero-order valence-electron chi connectivity index (χ0n) is 13.8. The molecule has 2 aromatic carbocycles. The first-order valence-corrected chi connectivity index (χ1v) is 9.32. The number of carbonyl (C=O) groups excluding carboxylic acids is 1. The van der Waals surface area contributed by atoms with Crippen molar-refractivity contribution in [3.05, 3.63) is 65.2 Å². The Balaban J connectivity index is 1.63. The van der Waals surface area contributed by atoms with E-state index in [2.05, 4.69) is 5.32 Å². The molecule has 130 valence electrons. The highest BCUT2D eigenvalue weighted by Gasteiger charge is 2.18. The van der Waals surface area contributed by atoms with Crippen molar-refractivity contribution in [2.24, 2.45) is 0 Å². The lowest BCUT2D eigenvalue weighted by Gasteiger charge is -2.26. The number of hydrogen-bond acceptors (Lipinski definition) is 4. The van der Waals surface area contributed by atoms with Gasteiger partial charge in [-0.1, -0.05) is 18.2 Å². The Hall–Kier alpha value is -2.47. The summed E-state index contributed by atoms with van der Waals surface area (Å²) in [6.45, 7) is 2.17. The molecule has 0 bridgehead atoms. The number of hydrogen-bond donors (Lipinski definition) is 2. The van der Waals surface area contributed by atoms with Crippen LogP contribution in [0.5, 0.6) is 0 Å². The molecule has 1 aliphatic heterocycles. The van der Waals surface area contributed by atoms with Gasteiger partial charge < -0.3 is 15.3 Å². The maximum absolute atomic E-state index is 12.6. The molecule has 3 rings (SSSR count). The second-order valence-electron chi connectivity index (χ2n) is 5.84. The van der Waals surface area contributed by atoms with Crippen LogP contribution in [-0.4, -0.2) is 46.5 Å². The highest BCUT2D eigenvalue weighted by Crippen LogP contribution is 2.17. The molecule has 1 aliphatic rings. The van der Waals surface area contributed by atoms with Crippen LogP contribution < -0.4 is 5.32 Å². The van der Waals surface area contributed by atoms with Crippen molar-refractivity contribution < 1.29 is 14.7 Å². The summed E-state index contributed by atoms with van der Waals surface area (Å²) >= 11 is 1.88. The van der Waals surface area contributed by atoms with Crippen molar-refractivity contribution in [1.29, 1.82) is 0 Å². The average Bonchev–Trinajstić information content (AvgIpc) is 2.67. The van der Waals surface area contributed by atoms with Crippen molar-refractivity contribution in [2.75, 3.05) is 29.9 Å². The normalized spacial score (nSPS) is 14.2. The van der Waals surface area contributed by atoms with Crippen molar-refractivity contribution in [3.8, 4) is 0 Å². The van der Waals surface area contributed by atoms with Crippen molar-refractivity contribution in [3.63, 3.8) is 0 Å². The summed E-state index contributed by atoms with van der Waals surface area (Å²) in [6, 6.07) is 14.3. The van der Waals surface area contributed by atoms with Crippen molar-refractivity contribution in [1.82, 2.24) is 4.90 Å². The number of anilines is 1. The van der Waals surface area contributed by atoms with E-state index in [4.69, 9.17) is 5.11 Å². The highest BCUT2D eigenvalue weighted by molar-refractivity contribution is 7.99. The summed E-state index contributed by atoms with van der Waals surface area (Å²) in [7, 11) is 0. The van der Waals surface area contributed by atoms with Crippen LogP contribution in [0.4, 0.5) is 5.69 Å². The maximum Gasteiger partial charge on any atom is 0.335 e. The minimum atomic E-state index is -0.929. The van der Waals surface area contributed by atoms with Gasteiger partial charge in [-0.05, 0) is 35.9 Å². The van der Waals surface area contributed by atoms with Crippen molar-refractivity contribution >= 4 is 29.3 Å². The van der Waals surface area contributed by atoms with E-state index in [0.29, 0.717) is 12.1 Å². The maximum atomic E-state index is 12.6. The topological polar surface area (TPSA) is 69.6 Å². The molecule has 2 aromatic rings. The molecule has 25 heavy (non-hydrogen) atoms. The molecule has 1 heterocycles. The Morgan fingerprint density at radius 2 is 1.76 bits per heavy atom. The zero-order valence-corrected chi connectivity index (χ0v) is 14.6. The predicted molar refractivity (Wildman–Crippen MR) is 100 cm³/mol. The fourth-order valence-corrected chi connectivity index (χ4v) is 3.58. The monoisotopic (exact) mass is 356 g/mol. The number of benzene rings is 2. The molecule has 0 atom stereocenters. The van der Waals surface area contributed by atoms with Gasteiger partial charge in [0.05, 0.1) is 5.56 Å². The molecular weight excluding hydrogens is 336 g/mol. The molecule has 2 N–H and O–H groups in total. The number of amides is 1. The van der Waals surface area contributed by atoms with E-state index in [1.54, 1.807) is 24.3 Å². The summed E-state index contributed by atoms with van der Waals surface area (Å²) in [4.78, 5) is 25.3. The van der Waals surface area contributed by atoms with Gasteiger partial charge in [-0.25, -0.2) is 4.79 Å². The van der Waals surface area contributed by atoms with E-state index in [1.165, 1.54) is 0 Å². The Labute approximate surface area is 151 Å². The van der Waals surface area contributed by atoms with Gasteiger partial charge in [0.2, 0.25) is 0 Å². The second-order valence-corrected chi connectivity index (χ2v) is 7.07. The highest BCUT2D eigenvalue weighted by atomic mass is 32.2. The number of aromatic carboxylic acids is 1. The second kappa shape index (κ2) is 8.07. The molecule has 1 amide bonds. The van der Waals surface area contributed by atoms with Crippen LogP contribution in [0.3, 0.4) is 0 Å². The molecular formula is C19H20N2O3S. The number of nitrogens with zero attached hydrogens (tertiary/aromatic N) is 1. The van der Waals surface area contributed by atoms with Crippen LogP contribution in [0, 0.1) is 0 Å². The molecule has 5 nitrogen and oxygen atoms in total. The Morgan fingerprint density at radius 3 is 2.44 bits per heavy atom. The summed E-state index contributed by atoms with van der Waals surface area (Å²) in [5.74, 6) is 1.14. The largest absolute Gasteiger partial charge is 0.478 e. The van der Waals surface area contributed by atoms with Gasteiger partial charge in [0.15, 0.2) is 0 Å². The number of carboxylic acid groups (broad SMARTS) is 1. The smallest absolute Gasteiger partial charge is 0.335 e. The molecule has 0 unspecified atom stereocenters. The predicted octanol–water partition coefficient (Wildman–Crippen LogP) is 3.19. The number of thioether (sulfide) groups is 1. The van der Waals surface area contributed by atoms with Gasteiger partial charge in [-0.2, -0.15) is 11.8 Å². The van der Waals surface area contributed by atoms with Crippen LogP contribution in [0.1, 0.15) is 26.3 Å². The number of rotatable bonds is 5. The minimum absolute atomic E-state index is 0.0785. The van der Waals surface area contributed by atoms with Crippen LogP contribution in [-0.2, 0) is 6.54 Å². The Kier molecular flexibility index (Phi) is 5.60. The molecule has 0 aromatic heterocycles. The first kappa shape index (κ1) is 17.4. The summed E-state index contributed by atoms with van der Waals surface area (Å²) in [5, 5.41) is 12.2. The van der Waals surface area contributed by atoms with Crippen LogP contribution in [0.15, 0.2) is 48.5 Å². The molecule has 0 radical (unpaired) electrons. The first-order chi connectivity index (χ1) is 12.1. The third-order valence-corrected chi connectivity index (χ3v) is 5.05. The zero-order chi connectivity index (χ0) is 17.6. The van der Waals surface area contributed by atoms with E-state index >= 15 is 0 Å². The molecule has 1 saturated heterocycles.